The van der Waals surface area contributed by atoms with Crippen molar-refractivity contribution in [2.75, 3.05) is 11.4 Å². The van der Waals surface area contributed by atoms with Crippen LogP contribution in [0.4, 0.5) is 5.69 Å². The Hall–Kier alpha value is -2.21. The maximum atomic E-state index is 11.6. The Balaban J connectivity index is 1.99. The molecule has 1 aromatic heterocycles. The SMILES string of the molecule is CC(=O)N1CCCc2cc(-c3csc(C(=O)O)n3)ccc21. The van der Waals surface area contributed by atoms with Crippen LogP contribution in [0, 0.1) is 0 Å². The summed E-state index contributed by atoms with van der Waals surface area (Å²) in [6, 6.07) is 5.82. The normalized spacial score (nSPS) is 13.9. The molecule has 21 heavy (non-hydrogen) atoms. The number of thiazole rings is 1. The van der Waals surface area contributed by atoms with Gasteiger partial charge in [-0.2, -0.15) is 0 Å². The molecular formula is C15H14N2O3S. The van der Waals surface area contributed by atoms with E-state index in [2.05, 4.69) is 4.98 Å². The Labute approximate surface area is 125 Å². The zero-order chi connectivity index (χ0) is 15.0. The summed E-state index contributed by atoms with van der Waals surface area (Å²) >= 11 is 1.12. The van der Waals surface area contributed by atoms with Crippen molar-refractivity contribution in [3.63, 3.8) is 0 Å². The molecule has 2 heterocycles. The van der Waals surface area contributed by atoms with E-state index in [4.69, 9.17) is 5.11 Å². The van der Waals surface area contributed by atoms with Crippen LogP contribution in [-0.4, -0.2) is 28.5 Å². The maximum Gasteiger partial charge on any atom is 0.365 e. The molecule has 0 atom stereocenters. The molecule has 1 aliphatic rings. The minimum Gasteiger partial charge on any atom is -0.476 e. The van der Waals surface area contributed by atoms with Gasteiger partial charge in [0.25, 0.3) is 0 Å². The molecule has 0 unspecified atom stereocenters. The number of aromatic carboxylic acids is 1. The van der Waals surface area contributed by atoms with E-state index < -0.39 is 5.97 Å². The molecule has 0 spiro atoms. The molecule has 1 aliphatic heterocycles. The summed E-state index contributed by atoms with van der Waals surface area (Å²) in [6.45, 7) is 2.32. The quantitative estimate of drug-likeness (QED) is 0.926. The molecule has 0 saturated carbocycles. The Morgan fingerprint density at radius 3 is 2.86 bits per heavy atom. The van der Waals surface area contributed by atoms with Crippen molar-refractivity contribution in [3.8, 4) is 11.3 Å². The fourth-order valence-corrected chi connectivity index (χ4v) is 3.25. The third-order valence-electron chi connectivity index (χ3n) is 3.56. The van der Waals surface area contributed by atoms with Crippen molar-refractivity contribution in [2.24, 2.45) is 0 Å². The summed E-state index contributed by atoms with van der Waals surface area (Å²) < 4.78 is 0. The second-order valence-electron chi connectivity index (χ2n) is 4.96. The molecule has 5 nitrogen and oxygen atoms in total. The number of aromatic nitrogens is 1. The summed E-state index contributed by atoms with van der Waals surface area (Å²) in [5.74, 6) is -0.961. The molecule has 1 N–H and O–H groups in total. The number of carbonyl (C=O) groups is 2. The first-order chi connectivity index (χ1) is 10.1. The van der Waals surface area contributed by atoms with Crippen molar-refractivity contribution in [1.82, 2.24) is 4.98 Å². The number of nitrogens with zero attached hydrogens (tertiary/aromatic N) is 2. The highest BCUT2D eigenvalue weighted by molar-refractivity contribution is 7.11. The van der Waals surface area contributed by atoms with Crippen molar-refractivity contribution >= 4 is 28.9 Å². The lowest BCUT2D eigenvalue weighted by Crippen LogP contribution is -2.33. The van der Waals surface area contributed by atoms with E-state index in [0.717, 1.165) is 47.5 Å². The average Bonchev–Trinajstić information content (AvgIpc) is 2.96. The molecule has 0 aliphatic carbocycles. The highest BCUT2D eigenvalue weighted by Gasteiger charge is 2.20. The van der Waals surface area contributed by atoms with Crippen LogP contribution in [-0.2, 0) is 11.2 Å². The Bertz CT molecular complexity index is 723. The van der Waals surface area contributed by atoms with E-state index in [9.17, 15) is 9.59 Å². The zero-order valence-corrected chi connectivity index (χ0v) is 12.3. The van der Waals surface area contributed by atoms with Gasteiger partial charge >= 0.3 is 5.97 Å². The summed E-state index contributed by atoms with van der Waals surface area (Å²) in [5, 5.41) is 10.8. The van der Waals surface area contributed by atoms with Crippen molar-refractivity contribution in [3.05, 3.63) is 34.2 Å². The molecule has 0 fully saturated rings. The zero-order valence-electron chi connectivity index (χ0n) is 11.5. The molecular weight excluding hydrogens is 288 g/mol. The highest BCUT2D eigenvalue weighted by Crippen LogP contribution is 2.32. The Kier molecular flexibility index (Phi) is 3.47. The van der Waals surface area contributed by atoms with Gasteiger partial charge in [-0.1, -0.05) is 6.07 Å². The van der Waals surface area contributed by atoms with E-state index in [1.54, 1.807) is 17.2 Å². The Morgan fingerprint density at radius 1 is 1.38 bits per heavy atom. The molecule has 1 amide bonds. The van der Waals surface area contributed by atoms with E-state index in [1.807, 2.05) is 18.2 Å². The summed E-state index contributed by atoms with van der Waals surface area (Å²) in [6.07, 6.45) is 1.86. The van der Waals surface area contributed by atoms with Gasteiger partial charge < -0.3 is 10.0 Å². The first-order valence-electron chi connectivity index (χ1n) is 6.66. The lowest BCUT2D eigenvalue weighted by atomic mass is 9.98. The summed E-state index contributed by atoms with van der Waals surface area (Å²) in [5.41, 5.74) is 3.62. The smallest absolute Gasteiger partial charge is 0.365 e. The maximum absolute atomic E-state index is 11.6. The van der Waals surface area contributed by atoms with Crippen LogP contribution in [0.1, 0.15) is 28.7 Å². The van der Waals surface area contributed by atoms with Crippen LogP contribution in [0.3, 0.4) is 0 Å². The number of carbonyl (C=O) groups excluding carboxylic acids is 1. The predicted molar refractivity (Wildman–Crippen MR) is 80.9 cm³/mol. The van der Waals surface area contributed by atoms with Gasteiger partial charge in [-0.3, -0.25) is 4.79 Å². The fraction of sp³-hybridized carbons (Fsp3) is 0.267. The van der Waals surface area contributed by atoms with Crippen molar-refractivity contribution in [2.45, 2.75) is 19.8 Å². The first kappa shape index (κ1) is 13.8. The molecule has 108 valence electrons. The lowest BCUT2D eigenvalue weighted by molar-refractivity contribution is -0.116. The van der Waals surface area contributed by atoms with Gasteiger partial charge in [-0.05, 0) is 30.5 Å². The van der Waals surface area contributed by atoms with Crippen LogP contribution in [0.2, 0.25) is 0 Å². The number of hydrogen-bond acceptors (Lipinski definition) is 4. The number of rotatable bonds is 2. The van der Waals surface area contributed by atoms with E-state index >= 15 is 0 Å². The fourth-order valence-electron chi connectivity index (χ4n) is 2.59. The van der Waals surface area contributed by atoms with Crippen LogP contribution < -0.4 is 4.90 Å². The highest BCUT2D eigenvalue weighted by atomic mass is 32.1. The average molecular weight is 302 g/mol. The third kappa shape index (κ3) is 2.54. The number of benzene rings is 1. The minimum atomic E-state index is -1.01. The number of carboxylic acid groups (broad SMARTS) is 1. The number of carboxylic acids is 1. The minimum absolute atomic E-state index is 0.0468. The number of hydrogen-bond donors (Lipinski definition) is 1. The van der Waals surface area contributed by atoms with Crippen LogP contribution in [0.5, 0.6) is 0 Å². The van der Waals surface area contributed by atoms with Crippen LogP contribution in [0.15, 0.2) is 23.6 Å². The van der Waals surface area contributed by atoms with Gasteiger partial charge in [0.2, 0.25) is 10.9 Å². The number of amides is 1. The number of anilines is 1. The standard InChI is InChI=1S/C15H14N2O3S/c1-9(18)17-6-2-3-11-7-10(4-5-13(11)17)12-8-21-14(16-12)15(19)20/h4-5,7-8H,2-3,6H2,1H3,(H,19,20). The molecule has 0 radical (unpaired) electrons. The second kappa shape index (κ2) is 5.29. The number of aryl methyl sites for hydroxylation is 1. The van der Waals surface area contributed by atoms with Crippen molar-refractivity contribution < 1.29 is 14.7 Å². The summed E-state index contributed by atoms with van der Waals surface area (Å²) in [4.78, 5) is 28.5. The first-order valence-corrected chi connectivity index (χ1v) is 7.54. The van der Waals surface area contributed by atoms with E-state index in [-0.39, 0.29) is 10.9 Å². The molecule has 1 aromatic carbocycles. The predicted octanol–water partition coefficient (Wildman–Crippen LogP) is 2.81. The second-order valence-corrected chi connectivity index (χ2v) is 5.82. The van der Waals surface area contributed by atoms with Crippen molar-refractivity contribution in [1.29, 1.82) is 0 Å². The van der Waals surface area contributed by atoms with Gasteiger partial charge in [-0.15, -0.1) is 11.3 Å². The molecule has 0 bridgehead atoms. The molecule has 2 aromatic rings. The van der Waals surface area contributed by atoms with E-state index in [1.165, 1.54) is 0 Å². The largest absolute Gasteiger partial charge is 0.476 e. The molecule has 3 rings (SSSR count). The van der Waals surface area contributed by atoms with Gasteiger partial charge in [0.15, 0.2) is 0 Å². The van der Waals surface area contributed by atoms with E-state index in [0.29, 0.717) is 5.69 Å². The summed E-state index contributed by atoms with van der Waals surface area (Å²) in [7, 11) is 0. The van der Waals surface area contributed by atoms with Crippen LogP contribution in [0.25, 0.3) is 11.3 Å². The molecule has 6 heteroatoms. The van der Waals surface area contributed by atoms with Crippen LogP contribution >= 0.6 is 11.3 Å². The number of fused-ring (bicyclic) bond motifs is 1. The Morgan fingerprint density at radius 2 is 2.19 bits per heavy atom. The third-order valence-corrected chi connectivity index (χ3v) is 4.39. The molecule has 0 saturated heterocycles. The van der Waals surface area contributed by atoms with Gasteiger partial charge in [0.1, 0.15) is 0 Å². The topological polar surface area (TPSA) is 70.5 Å². The van der Waals surface area contributed by atoms with Gasteiger partial charge in [0, 0.05) is 30.1 Å². The van der Waals surface area contributed by atoms with Gasteiger partial charge in [0.05, 0.1) is 5.69 Å². The monoisotopic (exact) mass is 302 g/mol. The van der Waals surface area contributed by atoms with Gasteiger partial charge in [-0.25, -0.2) is 9.78 Å². The lowest BCUT2D eigenvalue weighted by Gasteiger charge is -2.28.